The third-order valence-corrected chi connectivity index (χ3v) is 6.20. The number of likely N-dealkylation sites (tertiary alicyclic amines) is 1. The van der Waals surface area contributed by atoms with Crippen LogP contribution in [0.25, 0.3) is 11.3 Å². The second-order valence-electron chi connectivity index (χ2n) is 8.16. The van der Waals surface area contributed by atoms with Crippen LogP contribution in [-0.2, 0) is 14.9 Å². The van der Waals surface area contributed by atoms with Crippen LogP contribution < -0.4 is 14.8 Å². The van der Waals surface area contributed by atoms with Gasteiger partial charge in [0.05, 0.1) is 17.7 Å². The topological polar surface area (TPSA) is 103 Å². The molecular weight excluding hydrogens is 402 g/mol. The zero-order valence-electron chi connectivity index (χ0n) is 17.4. The quantitative estimate of drug-likeness (QED) is 0.783. The van der Waals surface area contributed by atoms with Crippen molar-refractivity contribution < 1.29 is 28.3 Å². The van der Waals surface area contributed by atoms with Crippen LogP contribution in [0.4, 0.5) is 4.79 Å². The van der Waals surface area contributed by atoms with Gasteiger partial charge < -0.3 is 29.0 Å². The molecule has 3 heterocycles. The SMILES string of the molecule is CCOC(=O)N1CCC(NC(=O)C2(c3cc(-c4ccc5c(c4)OCO5)on3)CC2)CC1. The molecule has 1 saturated heterocycles. The summed E-state index contributed by atoms with van der Waals surface area (Å²) in [5, 5.41) is 7.37. The van der Waals surface area contributed by atoms with Crippen LogP contribution in [0.5, 0.6) is 11.5 Å². The fraction of sp³-hybridized carbons (Fsp3) is 0.500. The van der Waals surface area contributed by atoms with Crippen molar-refractivity contribution in [3.8, 4) is 22.8 Å². The van der Waals surface area contributed by atoms with Crippen LogP contribution in [-0.4, -0.2) is 54.6 Å². The molecule has 164 valence electrons. The molecule has 0 atom stereocenters. The minimum absolute atomic E-state index is 0.0207. The highest BCUT2D eigenvalue weighted by atomic mass is 16.7. The minimum atomic E-state index is -0.629. The number of hydrogen-bond donors (Lipinski definition) is 1. The molecular formula is C22H25N3O6. The van der Waals surface area contributed by atoms with Gasteiger partial charge in [-0.1, -0.05) is 5.16 Å². The number of benzene rings is 1. The zero-order valence-corrected chi connectivity index (χ0v) is 17.4. The number of hydrogen-bond acceptors (Lipinski definition) is 7. The maximum atomic E-state index is 13.1. The Kier molecular flexibility index (Phi) is 4.95. The van der Waals surface area contributed by atoms with Gasteiger partial charge >= 0.3 is 6.09 Å². The number of piperidine rings is 1. The molecule has 3 aliphatic rings. The zero-order chi connectivity index (χ0) is 21.4. The third kappa shape index (κ3) is 3.68. The Morgan fingerprint density at radius 1 is 1.19 bits per heavy atom. The van der Waals surface area contributed by atoms with Crippen molar-refractivity contribution in [1.29, 1.82) is 0 Å². The molecule has 9 heteroatoms. The Balaban J connectivity index is 1.23. The van der Waals surface area contributed by atoms with Gasteiger partial charge in [0.25, 0.3) is 0 Å². The van der Waals surface area contributed by atoms with Gasteiger partial charge in [0.1, 0.15) is 0 Å². The van der Waals surface area contributed by atoms with Crippen LogP contribution >= 0.6 is 0 Å². The number of nitrogens with one attached hydrogen (secondary N) is 1. The summed E-state index contributed by atoms with van der Waals surface area (Å²) >= 11 is 0. The Morgan fingerprint density at radius 2 is 1.97 bits per heavy atom. The molecule has 9 nitrogen and oxygen atoms in total. The van der Waals surface area contributed by atoms with Crippen LogP contribution in [0.1, 0.15) is 38.3 Å². The van der Waals surface area contributed by atoms with Gasteiger partial charge in [-0.05, 0) is 50.8 Å². The largest absolute Gasteiger partial charge is 0.454 e. The van der Waals surface area contributed by atoms with Crippen LogP contribution in [0.3, 0.4) is 0 Å². The molecule has 0 spiro atoms. The highest BCUT2D eigenvalue weighted by Crippen LogP contribution is 2.49. The maximum absolute atomic E-state index is 13.1. The van der Waals surface area contributed by atoms with E-state index < -0.39 is 5.41 Å². The van der Waals surface area contributed by atoms with E-state index in [2.05, 4.69) is 10.5 Å². The Morgan fingerprint density at radius 3 is 2.71 bits per heavy atom. The molecule has 0 bridgehead atoms. The minimum Gasteiger partial charge on any atom is -0.454 e. The van der Waals surface area contributed by atoms with E-state index >= 15 is 0 Å². The molecule has 31 heavy (non-hydrogen) atoms. The monoisotopic (exact) mass is 427 g/mol. The molecule has 0 radical (unpaired) electrons. The average Bonchev–Trinajstić information content (AvgIpc) is 3.21. The highest BCUT2D eigenvalue weighted by molar-refractivity contribution is 5.91. The van der Waals surface area contributed by atoms with E-state index in [-0.39, 0.29) is 24.8 Å². The summed E-state index contributed by atoms with van der Waals surface area (Å²) in [6, 6.07) is 7.45. The highest BCUT2D eigenvalue weighted by Gasteiger charge is 2.54. The lowest BCUT2D eigenvalue weighted by Crippen LogP contribution is -2.49. The molecule has 2 amide bonds. The van der Waals surface area contributed by atoms with E-state index in [1.807, 2.05) is 24.3 Å². The summed E-state index contributed by atoms with van der Waals surface area (Å²) in [5.74, 6) is 1.95. The lowest BCUT2D eigenvalue weighted by Gasteiger charge is -2.32. The predicted octanol–water partition coefficient (Wildman–Crippen LogP) is 2.84. The van der Waals surface area contributed by atoms with Crippen LogP contribution in [0.2, 0.25) is 0 Å². The van der Waals surface area contributed by atoms with E-state index in [1.165, 1.54) is 0 Å². The molecule has 1 aromatic carbocycles. The van der Waals surface area contributed by atoms with Gasteiger partial charge in [-0.25, -0.2) is 4.79 Å². The van der Waals surface area contributed by atoms with Gasteiger partial charge in [-0.15, -0.1) is 0 Å². The van der Waals surface area contributed by atoms with Crippen molar-refractivity contribution in [3.63, 3.8) is 0 Å². The Hall–Kier alpha value is -3.23. The smallest absolute Gasteiger partial charge is 0.409 e. The number of ether oxygens (including phenoxy) is 3. The van der Waals surface area contributed by atoms with Crippen LogP contribution in [0.15, 0.2) is 28.8 Å². The second kappa shape index (κ2) is 7.79. The lowest BCUT2D eigenvalue weighted by molar-refractivity contribution is -0.124. The first-order valence-electron chi connectivity index (χ1n) is 10.7. The number of carbonyl (C=O) groups is 2. The molecule has 2 aromatic rings. The normalized spacial score (nSPS) is 19.2. The molecule has 1 saturated carbocycles. The van der Waals surface area contributed by atoms with Gasteiger partial charge in [0.2, 0.25) is 12.7 Å². The summed E-state index contributed by atoms with van der Waals surface area (Å²) in [6.45, 7) is 3.53. The number of nitrogens with zero attached hydrogens (tertiary/aromatic N) is 2. The first-order valence-corrected chi connectivity index (χ1v) is 10.7. The van der Waals surface area contributed by atoms with E-state index in [0.717, 1.165) is 18.4 Å². The number of fused-ring (bicyclic) bond motifs is 1. The number of amides is 2. The second-order valence-corrected chi connectivity index (χ2v) is 8.16. The van der Waals surface area contributed by atoms with Crippen molar-refractivity contribution in [3.05, 3.63) is 30.0 Å². The molecule has 2 fully saturated rings. The molecule has 0 unspecified atom stereocenters. The Labute approximate surface area is 179 Å². The van der Waals surface area contributed by atoms with Gasteiger partial charge in [-0.3, -0.25) is 4.79 Å². The summed E-state index contributed by atoms with van der Waals surface area (Å²) in [4.78, 5) is 26.6. The Bertz CT molecular complexity index is 991. The molecule has 1 aromatic heterocycles. The van der Waals surface area contributed by atoms with Crippen molar-refractivity contribution in [2.45, 2.75) is 44.1 Å². The number of carbonyl (C=O) groups excluding carboxylic acids is 2. The number of rotatable bonds is 5. The van der Waals surface area contributed by atoms with Crippen molar-refractivity contribution >= 4 is 12.0 Å². The number of aromatic nitrogens is 1. The van der Waals surface area contributed by atoms with Gasteiger partial charge in [-0.2, -0.15) is 0 Å². The van der Waals surface area contributed by atoms with Crippen molar-refractivity contribution in [2.75, 3.05) is 26.5 Å². The molecule has 2 aliphatic heterocycles. The average molecular weight is 427 g/mol. The molecule has 1 aliphatic carbocycles. The lowest BCUT2D eigenvalue weighted by atomic mass is 9.98. The van der Waals surface area contributed by atoms with E-state index in [1.54, 1.807) is 11.8 Å². The maximum Gasteiger partial charge on any atom is 0.409 e. The predicted molar refractivity (Wildman–Crippen MR) is 109 cm³/mol. The molecule has 5 rings (SSSR count). The van der Waals surface area contributed by atoms with E-state index in [4.69, 9.17) is 18.7 Å². The summed E-state index contributed by atoms with van der Waals surface area (Å²) < 4.78 is 21.4. The van der Waals surface area contributed by atoms with Gasteiger partial charge in [0.15, 0.2) is 17.3 Å². The first kappa shape index (κ1) is 19.7. The van der Waals surface area contributed by atoms with Gasteiger partial charge in [0, 0.05) is 30.8 Å². The summed E-state index contributed by atoms with van der Waals surface area (Å²) in [7, 11) is 0. The molecule has 1 N–H and O–H groups in total. The van der Waals surface area contributed by atoms with Crippen LogP contribution in [0, 0.1) is 0 Å². The standard InChI is InChI=1S/C22H25N3O6/c1-2-28-21(27)25-9-5-15(6-10-25)23-20(26)22(7-8-22)19-12-17(31-24-19)14-3-4-16-18(11-14)30-13-29-16/h3-4,11-12,15H,2,5-10,13H2,1H3,(H,23,26). The fourth-order valence-corrected chi connectivity index (χ4v) is 4.16. The summed E-state index contributed by atoms with van der Waals surface area (Å²) in [6.07, 6.45) is 2.62. The van der Waals surface area contributed by atoms with Crippen molar-refractivity contribution in [1.82, 2.24) is 15.4 Å². The summed E-state index contributed by atoms with van der Waals surface area (Å²) in [5.41, 5.74) is 0.850. The van der Waals surface area contributed by atoms with E-state index in [0.29, 0.717) is 55.5 Å². The fourth-order valence-electron chi connectivity index (χ4n) is 4.16. The third-order valence-electron chi connectivity index (χ3n) is 6.20. The first-order chi connectivity index (χ1) is 15.1. The van der Waals surface area contributed by atoms with E-state index in [9.17, 15) is 9.59 Å². The van der Waals surface area contributed by atoms with Crippen molar-refractivity contribution in [2.24, 2.45) is 0 Å².